The zero-order chi connectivity index (χ0) is 9.10. The topological polar surface area (TPSA) is 46.0 Å². The summed E-state index contributed by atoms with van der Waals surface area (Å²) in [5.74, 6) is 0.702. The predicted molar refractivity (Wildman–Crippen MR) is 55.2 cm³/mol. The molecule has 13 heavy (non-hydrogen) atoms. The molecule has 0 aliphatic carbocycles. The van der Waals surface area contributed by atoms with Gasteiger partial charge in [0, 0.05) is 11.9 Å². The van der Waals surface area contributed by atoms with Gasteiger partial charge in [0.05, 0.1) is 17.5 Å². The third kappa shape index (κ3) is 1.99. The summed E-state index contributed by atoms with van der Waals surface area (Å²) in [6.45, 7) is 0.193. The first-order valence-electron chi connectivity index (χ1n) is 3.84. The molecule has 0 amide bonds. The van der Waals surface area contributed by atoms with Crippen molar-refractivity contribution in [2.45, 2.75) is 4.34 Å². The number of nitrogens with zero attached hydrogens (tertiary/aromatic N) is 2. The minimum absolute atomic E-state index is 0.193. The fourth-order valence-corrected chi connectivity index (χ4v) is 2.80. The molecule has 0 saturated carbocycles. The Morgan fingerprint density at radius 1 is 1.54 bits per heavy atom. The highest BCUT2D eigenvalue weighted by Gasteiger charge is 2.02. The van der Waals surface area contributed by atoms with Crippen LogP contribution in [0.5, 0.6) is 0 Å². The maximum atomic E-state index is 8.65. The standard InChI is InChI=1S/C8H8N2OS2/c11-3-4-12-8-10-6-5-9-2-1-7(6)13-8/h1-2,5,11H,3-4H2. The zero-order valence-corrected chi connectivity index (χ0v) is 8.44. The van der Waals surface area contributed by atoms with Gasteiger partial charge in [-0.3, -0.25) is 4.98 Å². The van der Waals surface area contributed by atoms with Gasteiger partial charge in [-0.05, 0) is 6.07 Å². The minimum atomic E-state index is 0.193. The highest BCUT2D eigenvalue weighted by molar-refractivity contribution is 8.01. The molecule has 1 N–H and O–H groups in total. The molecule has 0 aliphatic rings. The lowest BCUT2D eigenvalue weighted by Crippen LogP contribution is -1.84. The summed E-state index contributed by atoms with van der Waals surface area (Å²) in [5.41, 5.74) is 0.938. The molecule has 2 aromatic rings. The van der Waals surface area contributed by atoms with Gasteiger partial charge in [0.1, 0.15) is 5.52 Å². The highest BCUT2D eigenvalue weighted by atomic mass is 32.2. The van der Waals surface area contributed by atoms with Crippen molar-refractivity contribution >= 4 is 33.3 Å². The molecule has 2 heterocycles. The minimum Gasteiger partial charge on any atom is -0.396 e. The summed E-state index contributed by atoms with van der Waals surface area (Å²) in [6, 6.07) is 1.95. The largest absolute Gasteiger partial charge is 0.396 e. The number of aliphatic hydroxyl groups excluding tert-OH is 1. The Morgan fingerprint density at radius 2 is 2.46 bits per heavy atom. The lowest BCUT2D eigenvalue weighted by atomic mass is 10.5. The van der Waals surface area contributed by atoms with Crippen molar-refractivity contribution in [3.8, 4) is 0 Å². The normalized spacial score (nSPS) is 10.8. The van der Waals surface area contributed by atoms with Crippen LogP contribution in [0.4, 0.5) is 0 Å². The van der Waals surface area contributed by atoms with Crippen molar-refractivity contribution in [3.63, 3.8) is 0 Å². The molecule has 2 aromatic heterocycles. The number of fused-ring (bicyclic) bond motifs is 1. The summed E-state index contributed by atoms with van der Waals surface area (Å²) in [5, 5.41) is 8.65. The van der Waals surface area contributed by atoms with Gasteiger partial charge in [-0.15, -0.1) is 11.3 Å². The second-order valence-electron chi connectivity index (χ2n) is 2.40. The number of hydrogen-bond donors (Lipinski definition) is 1. The fraction of sp³-hybridized carbons (Fsp3) is 0.250. The van der Waals surface area contributed by atoms with Crippen molar-refractivity contribution in [3.05, 3.63) is 18.5 Å². The first-order chi connectivity index (χ1) is 6.40. The summed E-state index contributed by atoms with van der Waals surface area (Å²) < 4.78 is 2.15. The average Bonchev–Trinajstić information content (AvgIpc) is 2.57. The molecule has 68 valence electrons. The quantitative estimate of drug-likeness (QED) is 0.788. The number of thiazole rings is 1. The van der Waals surface area contributed by atoms with Crippen LogP contribution in [0.1, 0.15) is 0 Å². The van der Waals surface area contributed by atoms with Gasteiger partial charge in [0.25, 0.3) is 0 Å². The van der Waals surface area contributed by atoms with Gasteiger partial charge in [-0.1, -0.05) is 11.8 Å². The summed E-state index contributed by atoms with van der Waals surface area (Å²) >= 11 is 3.21. The Hall–Kier alpha value is -0.650. The third-order valence-electron chi connectivity index (χ3n) is 1.49. The van der Waals surface area contributed by atoms with Crippen LogP contribution in [0.3, 0.4) is 0 Å². The molecular weight excluding hydrogens is 204 g/mol. The van der Waals surface area contributed by atoms with Gasteiger partial charge in [0.2, 0.25) is 0 Å². The van der Waals surface area contributed by atoms with Gasteiger partial charge >= 0.3 is 0 Å². The van der Waals surface area contributed by atoms with E-state index in [1.807, 2.05) is 6.07 Å². The first-order valence-corrected chi connectivity index (χ1v) is 5.64. The number of hydrogen-bond acceptors (Lipinski definition) is 5. The first kappa shape index (κ1) is 8.93. The highest BCUT2D eigenvalue weighted by Crippen LogP contribution is 2.28. The van der Waals surface area contributed by atoms with Crippen molar-refractivity contribution < 1.29 is 5.11 Å². The summed E-state index contributed by atoms with van der Waals surface area (Å²) in [6.07, 6.45) is 3.52. The molecule has 0 aromatic carbocycles. The smallest absolute Gasteiger partial charge is 0.151 e. The van der Waals surface area contributed by atoms with E-state index in [1.165, 1.54) is 0 Å². The molecule has 0 aliphatic heterocycles. The van der Waals surface area contributed by atoms with Crippen molar-refractivity contribution in [1.29, 1.82) is 0 Å². The molecule has 0 radical (unpaired) electrons. The number of aromatic nitrogens is 2. The van der Waals surface area contributed by atoms with Crippen molar-refractivity contribution in [2.75, 3.05) is 12.4 Å². The second-order valence-corrected chi connectivity index (χ2v) is 4.77. The van der Waals surface area contributed by atoms with E-state index in [0.29, 0.717) is 5.75 Å². The Bertz CT molecular complexity index is 369. The number of rotatable bonds is 3. The molecule has 3 nitrogen and oxygen atoms in total. The maximum Gasteiger partial charge on any atom is 0.151 e. The van der Waals surface area contributed by atoms with Crippen LogP contribution in [0.15, 0.2) is 22.8 Å². The van der Waals surface area contributed by atoms with Crippen LogP contribution in [-0.2, 0) is 0 Å². The van der Waals surface area contributed by atoms with Crippen LogP contribution < -0.4 is 0 Å². The maximum absolute atomic E-state index is 8.65. The Labute approximate surface area is 83.8 Å². The molecule has 0 saturated heterocycles. The average molecular weight is 212 g/mol. The molecule has 0 spiro atoms. The molecule has 0 unspecified atom stereocenters. The van der Waals surface area contributed by atoms with E-state index in [0.717, 1.165) is 14.6 Å². The lowest BCUT2D eigenvalue weighted by molar-refractivity contribution is 0.322. The van der Waals surface area contributed by atoms with E-state index in [2.05, 4.69) is 9.97 Å². The summed E-state index contributed by atoms with van der Waals surface area (Å²) in [4.78, 5) is 8.35. The molecule has 0 bridgehead atoms. The van der Waals surface area contributed by atoms with Crippen LogP contribution in [0.2, 0.25) is 0 Å². The Kier molecular flexibility index (Phi) is 2.77. The van der Waals surface area contributed by atoms with E-state index < -0.39 is 0 Å². The van der Waals surface area contributed by atoms with Crippen molar-refractivity contribution in [2.24, 2.45) is 0 Å². The SMILES string of the molecule is OCCSc1nc2cnccc2s1. The van der Waals surface area contributed by atoms with Gasteiger partial charge in [-0.2, -0.15) is 0 Å². The van der Waals surface area contributed by atoms with Crippen LogP contribution in [-0.4, -0.2) is 27.4 Å². The lowest BCUT2D eigenvalue weighted by Gasteiger charge is -1.89. The van der Waals surface area contributed by atoms with E-state index in [9.17, 15) is 0 Å². The predicted octanol–water partition coefficient (Wildman–Crippen LogP) is 1.78. The Morgan fingerprint density at radius 3 is 3.23 bits per heavy atom. The molecule has 5 heteroatoms. The van der Waals surface area contributed by atoms with E-state index >= 15 is 0 Å². The molecular formula is C8H8N2OS2. The van der Waals surface area contributed by atoms with Crippen LogP contribution >= 0.6 is 23.1 Å². The van der Waals surface area contributed by atoms with Gasteiger partial charge in [-0.25, -0.2) is 4.98 Å². The van der Waals surface area contributed by atoms with Crippen LogP contribution in [0.25, 0.3) is 10.2 Å². The van der Waals surface area contributed by atoms with Gasteiger partial charge in [0.15, 0.2) is 4.34 Å². The zero-order valence-electron chi connectivity index (χ0n) is 6.80. The van der Waals surface area contributed by atoms with Gasteiger partial charge < -0.3 is 5.11 Å². The van der Waals surface area contributed by atoms with Crippen molar-refractivity contribution in [1.82, 2.24) is 9.97 Å². The molecule has 2 rings (SSSR count). The van der Waals surface area contributed by atoms with E-state index in [-0.39, 0.29) is 6.61 Å². The van der Waals surface area contributed by atoms with E-state index in [4.69, 9.17) is 5.11 Å². The fourth-order valence-electron chi connectivity index (χ4n) is 0.954. The third-order valence-corrected chi connectivity index (χ3v) is 3.65. The second kappa shape index (κ2) is 4.04. The van der Waals surface area contributed by atoms with E-state index in [1.54, 1.807) is 35.5 Å². The van der Waals surface area contributed by atoms with Crippen LogP contribution in [0, 0.1) is 0 Å². The summed E-state index contributed by atoms with van der Waals surface area (Å²) in [7, 11) is 0. The number of pyridine rings is 1. The Balaban J connectivity index is 2.28. The monoisotopic (exact) mass is 212 g/mol. The molecule has 0 fully saturated rings. The number of aliphatic hydroxyl groups is 1. The number of thioether (sulfide) groups is 1. The molecule has 0 atom stereocenters.